The summed E-state index contributed by atoms with van der Waals surface area (Å²) in [7, 11) is -2.03. The second-order valence-electron chi connectivity index (χ2n) is 8.43. The Bertz CT molecular complexity index is 570. The van der Waals surface area contributed by atoms with Crippen LogP contribution in [0.25, 0.3) is 0 Å². The minimum atomic E-state index is -2.03. The summed E-state index contributed by atoms with van der Waals surface area (Å²) in [6.07, 6.45) is 13.6. The van der Waals surface area contributed by atoms with Crippen LogP contribution in [-0.2, 0) is 19.2 Å². The van der Waals surface area contributed by atoms with E-state index in [2.05, 4.69) is 51.2 Å². The molecule has 1 atom stereocenters. The van der Waals surface area contributed by atoms with E-state index >= 15 is 0 Å². The summed E-state index contributed by atoms with van der Waals surface area (Å²) in [6.45, 7) is 5.46. The summed E-state index contributed by atoms with van der Waals surface area (Å²) in [4.78, 5) is 0. The second-order valence-corrected chi connectivity index (χ2v) is 16.1. The Morgan fingerprint density at radius 1 is 0.857 bits per heavy atom. The van der Waals surface area contributed by atoms with Crippen LogP contribution < -0.4 is 14.8 Å². The molecule has 2 saturated carbocycles. The fourth-order valence-electron chi connectivity index (χ4n) is 5.73. The van der Waals surface area contributed by atoms with Crippen LogP contribution >= 0.6 is 18.9 Å². The van der Waals surface area contributed by atoms with E-state index in [0.717, 1.165) is 22.8 Å². The van der Waals surface area contributed by atoms with Crippen molar-refractivity contribution in [2.45, 2.75) is 93.0 Å². The number of halogens is 1. The molecule has 2 aliphatic rings. The third-order valence-corrected chi connectivity index (χ3v) is 16.0. The van der Waals surface area contributed by atoms with E-state index in [4.69, 9.17) is 21.1 Å². The third-order valence-electron chi connectivity index (χ3n) is 6.90. The molecule has 5 heteroatoms. The van der Waals surface area contributed by atoms with Crippen molar-refractivity contribution < 1.29 is 28.7 Å². The number of rotatable bonds is 8. The normalized spacial score (nSPS) is 21.3. The van der Waals surface area contributed by atoms with E-state index in [0.29, 0.717) is 13.2 Å². The fraction of sp³-hybridized carbons (Fsp3) is 0.739. The van der Waals surface area contributed by atoms with Gasteiger partial charge < -0.3 is 0 Å². The molecule has 0 saturated heterocycles. The van der Waals surface area contributed by atoms with Crippen LogP contribution in [-0.4, -0.2) is 28.1 Å². The van der Waals surface area contributed by atoms with Gasteiger partial charge in [0.25, 0.3) is 0 Å². The van der Waals surface area contributed by atoms with Crippen molar-refractivity contribution in [1.29, 1.82) is 0 Å². The minimum absolute atomic E-state index is 0.0908. The van der Waals surface area contributed by atoms with Crippen LogP contribution in [0.4, 0.5) is 0 Å². The molecule has 0 spiro atoms. The molecule has 0 heterocycles. The van der Waals surface area contributed by atoms with Gasteiger partial charge in [-0.2, -0.15) is 0 Å². The number of alkyl halides is 1. The maximum atomic E-state index is 7.17. The zero-order chi connectivity index (χ0) is 20.0. The second kappa shape index (κ2) is 11.0. The first-order valence-corrected chi connectivity index (χ1v) is 14.8. The number of benzene rings is 1. The molecule has 0 amide bonds. The van der Waals surface area contributed by atoms with E-state index in [1.54, 1.807) is 0 Å². The van der Waals surface area contributed by atoms with Crippen molar-refractivity contribution in [3.05, 3.63) is 18.2 Å². The Labute approximate surface area is 188 Å². The summed E-state index contributed by atoms with van der Waals surface area (Å²) in [5.41, 5.74) is 1.51. The third kappa shape index (κ3) is 4.91. The molecule has 163 valence electrons. The Morgan fingerprint density at radius 3 is 1.64 bits per heavy atom. The summed E-state index contributed by atoms with van der Waals surface area (Å²) in [6, 6.07) is 6.70. The van der Waals surface area contributed by atoms with E-state index in [1.807, 2.05) is 0 Å². The molecule has 0 N–H and O–H groups in total. The molecular weight excluding hydrogens is 481 g/mol. The van der Waals surface area contributed by atoms with Gasteiger partial charge in [0.1, 0.15) is 0 Å². The van der Waals surface area contributed by atoms with Gasteiger partial charge in [0.2, 0.25) is 0 Å². The first-order chi connectivity index (χ1) is 13.6. The Hall–Kier alpha value is 0.202. The molecule has 28 heavy (non-hydrogen) atoms. The first-order valence-electron chi connectivity index (χ1n) is 11.3. The molecule has 0 aliphatic heterocycles. The van der Waals surface area contributed by atoms with Gasteiger partial charge >= 0.3 is 189 Å². The Kier molecular flexibility index (Phi) is 8.99. The van der Waals surface area contributed by atoms with Gasteiger partial charge in [-0.05, 0) is 0 Å². The molecule has 1 aromatic carbocycles. The SMILES string of the molecule is CCOc1cc(OCC)cc([PH]([CH](Cl)[Pd])(C2CCCCC2)C2CCCCC2)c1. The molecule has 2 nitrogen and oxygen atoms in total. The van der Waals surface area contributed by atoms with Gasteiger partial charge in [-0.15, -0.1) is 0 Å². The van der Waals surface area contributed by atoms with Crippen LogP contribution in [0, 0.1) is 0 Å². The molecule has 0 bridgehead atoms. The zero-order valence-corrected chi connectivity index (χ0v) is 20.8. The first kappa shape index (κ1) is 22.9. The molecule has 2 fully saturated rings. The number of ether oxygens (including phenoxy) is 2. The molecule has 3 rings (SSSR count). The Morgan fingerprint density at radius 2 is 1.29 bits per heavy atom. The van der Waals surface area contributed by atoms with Gasteiger partial charge in [0, 0.05) is 0 Å². The van der Waals surface area contributed by atoms with Gasteiger partial charge in [0.05, 0.1) is 0 Å². The predicted octanol–water partition coefficient (Wildman–Crippen LogP) is 6.59. The van der Waals surface area contributed by atoms with Crippen LogP contribution in [0.5, 0.6) is 11.5 Å². The molecule has 1 unspecified atom stereocenters. The number of hydrogen-bond acceptors (Lipinski definition) is 2. The van der Waals surface area contributed by atoms with Crippen molar-refractivity contribution in [2.75, 3.05) is 13.2 Å². The van der Waals surface area contributed by atoms with Crippen LogP contribution in [0.2, 0.25) is 0 Å². The van der Waals surface area contributed by atoms with Crippen molar-refractivity contribution in [2.24, 2.45) is 0 Å². The van der Waals surface area contributed by atoms with Crippen LogP contribution in [0.15, 0.2) is 18.2 Å². The van der Waals surface area contributed by atoms with Crippen molar-refractivity contribution in [3.63, 3.8) is 0 Å². The maximum absolute atomic E-state index is 7.17. The van der Waals surface area contributed by atoms with Crippen LogP contribution in [0.1, 0.15) is 78.1 Å². The average molecular weight is 518 g/mol. The average Bonchev–Trinajstić information content (AvgIpc) is 2.70. The van der Waals surface area contributed by atoms with E-state index < -0.39 is 7.26 Å². The van der Waals surface area contributed by atoms with Crippen molar-refractivity contribution >= 4 is 24.2 Å². The van der Waals surface area contributed by atoms with Gasteiger partial charge in [-0.25, -0.2) is 0 Å². The van der Waals surface area contributed by atoms with Gasteiger partial charge in [0.15, 0.2) is 0 Å². The van der Waals surface area contributed by atoms with E-state index in [1.165, 1.54) is 69.5 Å². The van der Waals surface area contributed by atoms with Crippen molar-refractivity contribution in [1.82, 2.24) is 0 Å². The fourth-order valence-corrected chi connectivity index (χ4v) is 16.2. The molecule has 1 aromatic rings. The van der Waals surface area contributed by atoms with Gasteiger partial charge in [-0.3, -0.25) is 0 Å². The standard InChI is InChI=1S/C23H37ClO2P.Pd/c1-3-25-19-15-20(26-4-2)17-23(16-19)27(18-24,21-11-7-5-8-12-21)22-13-9-6-10-14-22;/h15-18,21-22,27H,3-14H2,1-2H3;. The Balaban J connectivity index is 2.13. The molecule has 0 aromatic heterocycles. The summed E-state index contributed by atoms with van der Waals surface area (Å²) < 4.78 is 12.0. The van der Waals surface area contributed by atoms with Crippen molar-refractivity contribution in [3.8, 4) is 11.5 Å². The van der Waals surface area contributed by atoms with E-state index in [-0.39, 0.29) is 3.59 Å². The zero-order valence-electron chi connectivity index (χ0n) is 17.5. The molecule has 0 radical (unpaired) electrons. The van der Waals surface area contributed by atoms with Gasteiger partial charge in [-0.1, -0.05) is 0 Å². The van der Waals surface area contributed by atoms with E-state index in [9.17, 15) is 0 Å². The molecular formula is C23H37ClO2PPd. The quantitative estimate of drug-likeness (QED) is 0.220. The summed E-state index contributed by atoms with van der Waals surface area (Å²) >= 11 is 10.8. The number of hydrogen-bond donors (Lipinski definition) is 0. The predicted molar refractivity (Wildman–Crippen MR) is 120 cm³/mol. The van der Waals surface area contributed by atoms with Crippen LogP contribution in [0.3, 0.4) is 0 Å². The monoisotopic (exact) mass is 517 g/mol. The summed E-state index contributed by atoms with van der Waals surface area (Å²) in [5.74, 6) is 1.89. The summed E-state index contributed by atoms with van der Waals surface area (Å²) in [5, 5.41) is 1.47. The topological polar surface area (TPSA) is 18.5 Å². The molecule has 2 aliphatic carbocycles.